The average molecular weight is 971 g/mol. The van der Waals surface area contributed by atoms with Crippen LogP contribution in [-0.2, 0) is 0 Å². The minimum atomic E-state index is 0.556. The van der Waals surface area contributed by atoms with E-state index < -0.39 is 0 Å². The lowest BCUT2D eigenvalue weighted by molar-refractivity contribution is 0.670. The summed E-state index contributed by atoms with van der Waals surface area (Å²) in [6, 6.07) is 90.5. The molecule has 0 aliphatic rings. The van der Waals surface area contributed by atoms with Gasteiger partial charge in [0.1, 0.15) is 11.2 Å². The first-order valence-corrected chi connectivity index (χ1v) is 25.7. The van der Waals surface area contributed by atoms with E-state index in [0.29, 0.717) is 17.5 Å². The molecule has 11 aromatic carbocycles. The van der Waals surface area contributed by atoms with Crippen molar-refractivity contribution in [1.82, 2.24) is 28.7 Å². The molecule has 16 rings (SSSR count). The van der Waals surface area contributed by atoms with E-state index in [1.54, 1.807) is 0 Å². The highest BCUT2D eigenvalue weighted by molar-refractivity contribution is 6.15. The van der Waals surface area contributed by atoms with Crippen molar-refractivity contribution in [2.75, 3.05) is 0 Å². The van der Waals surface area contributed by atoms with Gasteiger partial charge in [0.2, 0.25) is 0 Å². The molecule has 5 heterocycles. The molecule has 0 aliphatic heterocycles. The molecule has 0 fully saturated rings. The van der Waals surface area contributed by atoms with Gasteiger partial charge in [0.25, 0.3) is 0 Å². The van der Waals surface area contributed by atoms with Crippen LogP contribution in [0.2, 0.25) is 0 Å². The number of furan rings is 1. The summed E-state index contributed by atoms with van der Waals surface area (Å²) in [5.41, 5.74) is 16.1. The topological polar surface area (TPSA) is 66.6 Å². The lowest BCUT2D eigenvalue weighted by atomic mass is 9.98. The zero-order valence-electron chi connectivity index (χ0n) is 40.8. The number of rotatable bonds is 7. The van der Waals surface area contributed by atoms with Crippen LogP contribution in [0.3, 0.4) is 0 Å². The van der Waals surface area contributed by atoms with Crippen LogP contribution in [0.15, 0.2) is 259 Å². The molecule has 76 heavy (non-hydrogen) atoms. The lowest BCUT2D eigenvalue weighted by Gasteiger charge is -2.17. The summed E-state index contributed by atoms with van der Waals surface area (Å²) in [5.74, 6) is 1.74. The molecule has 0 saturated heterocycles. The van der Waals surface area contributed by atoms with Crippen molar-refractivity contribution in [1.29, 1.82) is 0 Å². The fourth-order valence-electron chi connectivity index (χ4n) is 11.9. The fraction of sp³-hybridized carbons (Fsp3) is 0. The SMILES string of the molecule is c1ccc(-c2nc(-c3ccccc3)nc(-c3cc(-c4cccc5c4oc4ccccc45)ccc3-n3c4ccc(-n5c6ccccc6c6ccccc65)cc4c4cc(-n5c6ccccc6c6ccccc65)ccc43)n2)cc1. The molecular weight excluding hydrogens is 929 g/mol. The Hall–Kier alpha value is -10.4. The molecule has 0 radical (unpaired) electrons. The number of aromatic nitrogens is 6. The second kappa shape index (κ2) is 16.6. The molecule has 0 saturated carbocycles. The Balaban J connectivity index is 1.01. The molecule has 7 nitrogen and oxygen atoms in total. The summed E-state index contributed by atoms with van der Waals surface area (Å²) in [5, 5.41) is 9.27. The van der Waals surface area contributed by atoms with Gasteiger partial charge in [0.15, 0.2) is 17.5 Å². The highest BCUT2D eigenvalue weighted by Crippen LogP contribution is 2.44. The van der Waals surface area contributed by atoms with E-state index >= 15 is 0 Å². The molecule has 5 aromatic heterocycles. The first-order valence-electron chi connectivity index (χ1n) is 25.7. The van der Waals surface area contributed by atoms with Crippen molar-refractivity contribution in [3.8, 4) is 62.4 Å². The summed E-state index contributed by atoms with van der Waals surface area (Å²) in [6.45, 7) is 0. The standard InChI is InChI=1S/C69H42N6O/c1-3-18-43(19-4-1)67-70-68(44-20-5-2-6-21-44)72-69(71-67)57-40-45(48-27-17-28-54-53-26-11-16-33-65(53)76-66(48)54)34-37-64(57)75-62-38-35-46(73-58-29-12-7-22-49(58)50-23-8-13-30-59(50)73)41-55(62)56-42-47(36-39-63(56)75)74-60-31-14-9-24-51(60)52-25-10-15-32-61(52)74/h1-42H. The Morgan fingerprint density at radius 3 is 1.22 bits per heavy atom. The summed E-state index contributed by atoms with van der Waals surface area (Å²) in [7, 11) is 0. The molecule has 0 N–H and O–H groups in total. The first kappa shape index (κ1) is 42.2. The zero-order valence-corrected chi connectivity index (χ0v) is 40.8. The van der Waals surface area contributed by atoms with Crippen LogP contribution in [0.25, 0.3) is 150 Å². The van der Waals surface area contributed by atoms with Gasteiger partial charge in [-0.3, -0.25) is 0 Å². The van der Waals surface area contributed by atoms with Crippen LogP contribution in [0.1, 0.15) is 0 Å². The zero-order chi connectivity index (χ0) is 49.8. The van der Waals surface area contributed by atoms with Crippen molar-refractivity contribution < 1.29 is 4.42 Å². The number of fused-ring (bicyclic) bond motifs is 12. The van der Waals surface area contributed by atoms with Crippen LogP contribution < -0.4 is 0 Å². The first-order chi connectivity index (χ1) is 37.7. The molecule has 16 aromatic rings. The third-order valence-corrected chi connectivity index (χ3v) is 15.3. The van der Waals surface area contributed by atoms with Gasteiger partial charge in [-0.25, -0.2) is 15.0 Å². The van der Waals surface area contributed by atoms with Crippen LogP contribution >= 0.6 is 0 Å². The van der Waals surface area contributed by atoms with Crippen molar-refractivity contribution in [3.63, 3.8) is 0 Å². The molecule has 7 heteroatoms. The molecule has 354 valence electrons. The maximum atomic E-state index is 6.70. The molecule has 0 atom stereocenters. The van der Waals surface area contributed by atoms with Crippen LogP contribution in [0, 0.1) is 0 Å². The van der Waals surface area contributed by atoms with Gasteiger partial charge in [-0.15, -0.1) is 0 Å². The molecule has 0 unspecified atom stereocenters. The van der Waals surface area contributed by atoms with Crippen molar-refractivity contribution in [2.24, 2.45) is 0 Å². The highest BCUT2D eigenvalue weighted by atomic mass is 16.3. The Morgan fingerprint density at radius 1 is 0.263 bits per heavy atom. The summed E-state index contributed by atoms with van der Waals surface area (Å²) < 4.78 is 13.9. The maximum absolute atomic E-state index is 6.70. The van der Waals surface area contributed by atoms with Gasteiger partial charge in [-0.2, -0.15) is 0 Å². The van der Waals surface area contributed by atoms with Gasteiger partial charge < -0.3 is 18.1 Å². The number of hydrogen-bond acceptors (Lipinski definition) is 4. The largest absolute Gasteiger partial charge is 0.455 e. The second-order valence-electron chi connectivity index (χ2n) is 19.5. The van der Waals surface area contributed by atoms with Crippen molar-refractivity contribution >= 4 is 87.4 Å². The van der Waals surface area contributed by atoms with Gasteiger partial charge in [-0.05, 0) is 84.4 Å². The average Bonchev–Trinajstić information content (AvgIpc) is 4.31. The Kier molecular flexibility index (Phi) is 9.20. The number of para-hydroxylation sites is 6. The fourth-order valence-corrected chi connectivity index (χ4v) is 11.9. The normalized spacial score (nSPS) is 11.9. The van der Waals surface area contributed by atoms with Gasteiger partial charge in [0, 0.05) is 76.7 Å². The predicted molar refractivity (Wildman–Crippen MR) is 312 cm³/mol. The van der Waals surface area contributed by atoms with E-state index in [1.165, 1.54) is 21.5 Å². The van der Waals surface area contributed by atoms with Crippen molar-refractivity contribution in [2.45, 2.75) is 0 Å². The Morgan fingerprint density at radius 2 is 0.697 bits per heavy atom. The van der Waals surface area contributed by atoms with Crippen LogP contribution in [0.4, 0.5) is 0 Å². The molecular formula is C69H42N6O. The Labute approximate surface area is 435 Å². The van der Waals surface area contributed by atoms with Gasteiger partial charge >= 0.3 is 0 Å². The Bertz CT molecular complexity index is 4670. The van der Waals surface area contributed by atoms with E-state index in [1.807, 2.05) is 48.5 Å². The van der Waals surface area contributed by atoms with Gasteiger partial charge in [0.05, 0.1) is 38.8 Å². The van der Waals surface area contributed by atoms with Gasteiger partial charge in [-0.1, -0.05) is 176 Å². The monoisotopic (exact) mass is 970 g/mol. The van der Waals surface area contributed by atoms with Crippen LogP contribution in [-0.4, -0.2) is 28.7 Å². The van der Waals surface area contributed by atoms with E-state index in [4.69, 9.17) is 19.4 Å². The molecule has 0 spiro atoms. The van der Waals surface area contributed by atoms with E-state index in [0.717, 1.165) is 111 Å². The minimum absolute atomic E-state index is 0.556. The minimum Gasteiger partial charge on any atom is -0.455 e. The second-order valence-corrected chi connectivity index (χ2v) is 19.5. The summed E-state index contributed by atoms with van der Waals surface area (Å²) in [6.07, 6.45) is 0. The summed E-state index contributed by atoms with van der Waals surface area (Å²) >= 11 is 0. The number of nitrogens with zero attached hydrogens (tertiary/aromatic N) is 6. The third-order valence-electron chi connectivity index (χ3n) is 15.3. The lowest BCUT2D eigenvalue weighted by Crippen LogP contribution is -2.04. The number of hydrogen-bond donors (Lipinski definition) is 0. The van der Waals surface area contributed by atoms with E-state index in [-0.39, 0.29) is 0 Å². The van der Waals surface area contributed by atoms with E-state index in [9.17, 15) is 0 Å². The summed E-state index contributed by atoms with van der Waals surface area (Å²) in [4.78, 5) is 16.0. The van der Waals surface area contributed by atoms with Crippen molar-refractivity contribution in [3.05, 3.63) is 255 Å². The maximum Gasteiger partial charge on any atom is 0.166 e. The predicted octanol–water partition coefficient (Wildman–Crippen LogP) is 17.7. The highest BCUT2D eigenvalue weighted by Gasteiger charge is 2.24. The van der Waals surface area contributed by atoms with Crippen LogP contribution in [0.5, 0.6) is 0 Å². The smallest absolute Gasteiger partial charge is 0.166 e. The molecule has 0 aliphatic carbocycles. The number of benzene rings is 11. The third kappa shape index (κ3) is 6.39. The van der Waals surface area contributed by atoms with E-state index in [2.05, 4.69) is 220 Å². The quantitative estimate of drug-likeness (QED) is 0.160. The molecule has 0 bridgehead atoms. The molecule has 0 amide bonds.